The summed E-state index contributed by atoms with van der Waals surface area (Å²) >= 11 is -0.829. The van der Waals surface area contributed by atoms with E-state index in [9.17, 15) is 0 Å². The summed E-state index contributed by atoms with van der Waals surface area (Å²) in [6, 6.07) is 17.9. The summed E-state index contributed by atoms with van der Waals surface area (Å²) in [4.78, 5) is 0. The van der Waals surface area contributed by atoms with Gasteiger partial charge in [-0.25, -0.2) is 0 Å². The Balaban J connectivity index is 0.00000171. The van der Waals surface area contributed by atoms with Gasteiger partial charge in [0.05, 0.1) is 0 Å². The van der Waals surface area contributed by atoms with Crippen LogP contribution in [0.1, 0.15) is 61.8 Å². The SMILES string of the molecule is CCC1=CC[C]([Zr+2][C]2=C(c3ccccc3C)C(CC)=CC2)=C1c1ccccc1C.[Cl-].[Cl-]. The van der Waals surface area contributed by atoms with Gasteiger partial charge < -0.3 is 24.8 Å². The summed E-state index contributed by atoms with van der Waals surface area (Å²) in [5.74, 6) is 0. The van der Waals surface area contributed by atoms with E-state index in [-0.39, 0.29) is 24.8 Å². The fourth-order valence-corrected chi connectivity index (χ4v) is 8.64. The van der Waals surface area contributed by atoms with Crippen molar-refractivity contribution >= 4 is 11.1 Å². The van der Waals surface area contributed by atoms with Crippen LogP contribution in [0.4, 0.5) is 0 Å². The quantitative estimate of drug-likeness (QED) is 0.538. The maximum Gasteiger partial charge on any atom is -1.00 e. The van der Waals surface area contributed by atoms with Gasteiger partial charge in [-0.2, -0.15) is 0 Å². The minimum absolute atomic E-state index is 0. The predicted molar refractivity (Wildman–Crippen MR) is 122 cm³/mol. The van der Waals surface area contributed by atoms with Gasteiger partial charge in [0.25, 0.3) is 0 Å². The number of hydrogen-bond acceptors (Lipinski definition) is 0. The average Bonchev–Trinajstić information content (AvgIpc) is 3.33. The van der Waals surface area contributed by atoms with Crippen LogP contribution in [0.5, 0.6) is 0 Å². The van der Waals surface area contributed by atoms with Gasteiger partial charge in [-0.1, -0.05) is 0 Å². The Morgan fingerprint density at radius 2 is 1.03 bits per heavy atom. The van der Waals surface area contributed by atoms with Gasteiger partial charge in [0.1, 0.15) is 0 Å². The van der Waals surface area contributed by atoms with Crippen molar-refractivity contribution in [3.63, 3.8) is 0 Å². The van der Waals surface area contributed by atoms with Crippen molar-refractivity contribution in [2.24, 2.45) is 0 Å². The van der Waals surface area contributed by atoms with Gasteiger partial charge in [-0.15, -0.1) is 0 Å². The molecule has 31 heavy (non-hydrogen) atoms. The van der Waals surface area contributed by atoms with E-state index in [1.807, 2.05) is 0 Å². The first-order valence-corrected chi connectivity index (χ1v) is 13.3. The summed E-state index contributed by atoms with van der Waals surface area (Å²) in [5.41, 5.74) is 12.1. The first kappa shape index (κ1) is 26.1. The van der Waals surface area contributed by atoms with Crippen molar-refractivity contribution in [2.75, 3.05) is 0 Å². The molecular formula is C28H30Cl2Zr. The van der Waals surface area contributed by atoms with Crippen LogP contribution in [0.2, 0.25) is 0 Å². The molecule has 0 heterocycles. The van der Waals surface area contributed by atoms with Crippen molar-refractivity contribution in [1.29, 1.82) is 0 Å². The molecule has 0 atom stereocenters. The molecule has 2 aliphatic carbocycles. The van der Waals surface area contributed by atoms with E-state index in [0.29, 0.717) is 0 Å². The van der Waals surface area contributed by atoms with E-state index in [4.69, 9.17) is 0 Å². The van der Waals surface area contributed by atoms with Crippen molar-refractivity contribution in [1.82, 2.24) is 0 Å². The predicted octanol–water partition coefficient (Wildman–Crippen LogP) is 2.00. The standard InChI is InChI=1S/2C14H15.2ClH.Zr/c2*1-3-12-8-6-10-14(12)13-9-5-4-7-11(13)2;;;/h2*4-5,7-9H,3,6H2,1-2H3;2*1H;/q;;;;+2/p-2. The molecule has 0 bridgehead atoms. The van der Waals surface area contributed by atoms with Crippen LogP contribution in [0.15, 0.2) is 78.4 Å². The Hall–Kier alpha value is -1.14. The fourth-order valence-electron chi connectivity index (χ4n) is 4.68. The molecule has 0 amide bonds. The van der Waals surface area contributed by atoms with Crippen molar-refractivity contribution < 1.29 is 48.0 Å². The van der Waals surface area contributed by atoms with Crippen molar-refractivity contribution in [2.45, 2.75) is 53.4 Å². The zero-order chi connectivity index (χ0) is 20.4. The molecule has 0 fully saturated rings. The third-order valence-corrected chi connectivity index (χ3v) is 9.96. The van der Waals surface area contributed by atoms with Crippen LogP contribution in [0.3, 0.4) is 0 Å². The first-order valence-electron chi connectivity index (χ1n) is 10.9. The Bertz CT molecular complexity index is 984. The molecule has 0 radical (unpaired) electrons. The molecule has 0 spiro atoms. The van der Waals surface area contributed by atoms with E-state index in [1.54, 1.807) is 28.9 Å². The van der Waals surface area contributed by atoms with Gasteiger partial charge in [0, 0.05) is 0 Å². The second kappa shape index (κ2) is 11.6. The molecule has 0 aliphatic heterocycles. The second-order valence-electron chi connectivity index (χ2n) is 8.04. The van der Waals surface area contributed by atoms with Crippen molar-refractivity contribution in [3.8, 4) is 0 Å². The largest absolute Gasteiger partial charge is 1.00 e. The molecule has 2 aromatic rings. The zero-order valence-corrected chi connectivity index (χ0v) is 22.8. The van der Waals surface area contributed by atoms with Gasteiger partial charge in [0.15, 0.2) is 0 Å². The summed E-state index contributed by atoms with van der Waals surface area (Å²) < 4.78 is 3.54. The van der Waals surface area contributed by atoms with E-state index < -0.39 is 23.2 Å². The molecule has 0 saturated carbocycles. The fraction of sp³-hybridized carbons (Fsp3) is 0.286. The van der Waals surface area contributed by atoms with Crippen molar-refractivity contribution in [3.05, 3.63) is 101 Å². The van der Waals surface area contributed by atoms with Crippen LogP contribution < -0.4 is 24.8 Å². The molecule has 0 nitrogen and oxygen atoms in total. The molecule has 160 valence electrons. The van der Waals surface area contributed by atoms with Crippen LogP contribution in [-0.4, -0.2) is 0 Å². The van der Waals surface area contributed by atoms with Gasteiger partial charge in [-0.3, -0.25) is 0 Å². The molecule has 3 heteroatoms. The van der Waals surface area contributed by atoms with E-state index in [1.165, 1.54) is 35.1 Å². The van der Waals surface area contributed by atoms with Crippen LogP contribution in [0.25, 0.3) is 11.1 Å². The number of rotatable bonds is 6. The molecule has 2 aromatic carbocycles. The number of aryl methyl sites for hydroxylation is 2. The smallest absolute Gasteiger partial charge is 1.00 e. The molecule has 2 aliphatic rings. The third-order valence-electron chi connectivity index (χ3n) is 6.24. The number of benzene rings is 2. The number of allylic oxidation sites excluding steroid dienone is 8. The van der Waals surface area contributed by atoms with E-state index in [2.05, 4.69) is 88.4 Å². The minimum Gasteiger partial charge on any atom is -1.00 e. The van der Waals surface area contributed by atoms with Crippen LogP contribution >= 0.6 is 0 Å². The topological polar surface area (TPSA) is 0 Å². The summed E-state index contributed by atoms with van der Waals surface area (Å²) in [5, 5.41) is 0. The van der Waals surface area contributed by atoms with Crippen LogP contribution in [0, 0.1) is 13.8 Å². The van der Waals surface area contributed by atoms with Gasteiger partial charge >= 0.3 is 188 Å². The minimum atomic E-state index is -0.829. The summed E-state index contributed by atoms with van der Waals surface area (Å²) in [6.45, 7) is 9.15. The van der Waals surface area contributed by atoms with E-state index >= 15 is 0 Å². The zero-order valence-electron chi connectivity index (χ0n) is 18.9. The normalized spacial score (nSPS) is 15.2. The number of halogens is 2. The Kier molecular flexibility index (Phi) is 9.81. The molecule has 4 rings (SSSR count). The monoisotopic (exact) mass is 526 g/mol. The Labute approximate surface area is 212 Å². The van der Waals surface area contributed by atoms with Gasteiger partial charge in [0.2, 0.25) is 0 Å². The average molecular weight is 529 g/mol. The first-order chi connectivity index (χ1) is 14.1. The molecule has 0 aromatic heterocycles. The molecule has 0 unspecified atom stereocenters. The maximum absolute atomic E-state index is 2.51. The van der Waals surface area contributed by atoms with Crippen LogP contribution in [-0.2, 0) is 23.2 Å². The summed E-state index contributed by atoms with van der Waals surface area (Å²) in [7, 11) is 0. The Morgan fingerprint density at radius 1 is 0.645 bits per heavy atom. The maximum atomic E-state index is 2.51. The number of hydrogen-bond donors (Lipinski definition) is 0. The second-order valence-corrected chi connectivity index (χ2v) is 11.6. The summed E-state index contributed by atoms with van der Waals surface area (Å²) in [6.07, 6.45) is 9.63. The van der Waals surface area contributed by atoms with E-state index in [0.717, 1.165) is 12.8 Å². The Morgan fingerprint density at radius 3 is 1.39 bits per heavy atom. The third kappa shape index (κ3) is 5.27. The molecular weight excluding hydrogens is 498 g/mol. The van der Waals surface area contributed by atoms with Gasteiger partial charge in [-0.05, 0) is 0 Å². The molecule has 0 saturated heterocycles. The molecule has 0 N–H and O–H groups in total.